The summed E-state index contributed by atoms with van der Waals surface area (Å²) in [6.07, 6.45) is 5.63. The molecule has 1 aromatic carbocycles. The molecule has 4 heteroatoms. The summed E-state index contributed by atoms with van der Waals surface area (Å²) in [5, 5.41) is 10.2. The zero-order valence-electron chi connectivity index (χ0n) is 12.2. The minimum absolute atomic E-state index is 0.102. The molecule has 0 radical (unpaired) electrons. The third-order valence-electron chi connectivity index (χ3n) is 4.91. The van der Waals surface area contributed by atoms with Gasteiger partial charge in [0.15, 0.2) is 0 Å². The van der Waals surface area contributed by atoms with E-state index in [1.807, 2.05) is 4.90 Å². The molecule has 1 saturated carbocycles. The number of hydrogen-bond donors (Lipinski definition) is 1. The van der Waals surface area contributed by atoms with Crippen LogP contribution >= 0.6 is 0 Å². The van der Waals surface area contributed by atoms with Gasteiger partial charge in [0.25, 0.3) is 5.91 Å². The molecule has 1 aliphatic carbocycles. The van der Waals surface area contributed by atoms with Crippen LogP contribution in [0.4, 0.5) is 4.39 Å². The minimum Gasteiger partial charge on any atom is -0.393 e. The topological polar surface area (TPSA) is 40.5 Å². The van der Waals surface area contributed by atoms with Crippen LogP contribution in [0.25, 0.3) is 0 Å². The molecule has 2 aliphatic rings. The molecule has 1 N–H and O–H groups in total. The van der Waals surface area contributed by atoms with Crippen molar-refractivity contribution in [2.75, 3.05) is 6.54 Å². The van der Waals surface area contributed by atoms with E-state index in [0.29, 0.717) is 12.1 Å². The van der Waals surface area contributed by atoms with Crippen molar-refractivity contribution in [2.45, 2.75) is 50.7 Å². The fourth-order valence-electron chi connectivity index (χ4n) is 3.87. The van der Waals surface area contributed by atoms with Crippen LogP contribution in [0.5, 0.6) is 0 Å². The maximum absolute atomic E-state index is 13.3. The van der Waals surface area contributed by atoms with Gasteiger partial charge in [-0.1, -0.05) is 18.9 Å². The molecule has 2 fully saturated rings. The van der Waals surface area contributed by atoms with Crippen molar-refractivity contribution in [2.24, 2.45) is 5.92 Å². The van der Waals surface area contributed by atoms with Gasteiger partial charge in [-0.3, -0.25) is 4.79 Å². The molecule has 114 valence electrons. The van der Waals surface area contributed by atoms with Crippen molar-refractivity contribution in [1.82, 2.24) is 4.90 Å². The first-order valence-electron chi connectivity index (χ1n) is 7.91. The average Bonchev–Trinajstić information content (AvgIpc) is 2.96. The van der Waals surface area contributed by atoms with Crippen LogP contribution in [0.15, 0.2) is 24.3 Å². The number of nitrogens with zero attached hydrogens (tertiary/aromatic N) is 1. The van der Waals surface area contributed by atoms with E-state index in [1.54, 1.807) is 12.1 Å². The summed E-state index contributed by atoms with van der Waals surface area (Å²) in [4.78, 5) is 14.5. The lowest BCUT2D eigenvalue weighted by Gasteiger charge is -2.37. The van der Waals surface area contributed by atoms with Gasteiger partial charge >= 0.3 is 0 Å². The molecular weight excluding hydrogens is 269 g/mol. The molecule has 1 saturated heterocycles. The Morgan fingerprint density at radius 3 is 2.76 bits per heavy atom. The molecule has 3 unspecified atom stereocenters. The molecule has 1 amide bonds. The lowest BCUT2D eigenvalue weighted by atomic mass is 9.80. The summed E-state index contributed by atoms with van der Waals surface area (Å²) in [6, 6.07) is 6.00. The first-order chi connectivity index (χ1) is 10.2. The Hall–Kier alpha value is -1.42. The van der Waals surface area contributed by atoms with E-state index in [2.05, 4.69) is 0 Å². The molecule has 3 rings (SSSR count). The van der Waals surface area contributed by atoms with Gasteiger partial charge in [-0.2, -0.15) is 0 Å². The van der Waals surface area contributed by atoms with Crippen LogP contribution in [0.3, 0.4) is 0 Å². The van der Waals surface area contributed by atoms with E-state index in [1.165, 1.54) is 12.1 Å². The van der Waals surface area contributed by atoms with Gasteiger partial charge in [-0.15, -0.1) is 0 Å². The first kappa shape index (κ1) is 14.5. The van der Waals surface area contributed by atoms with Gasteiger partial charge in [0, 0.05) is 24.1 Å². The number of carbonyl (C=O) groups is 1. The predicted octanol–water partition coefficient (Wildman–Crippen LogP) is 2.98. The monoisotopic (exact) mass is 291 g/mol. The molecule has 1 aromatic rings. The summed E-state index contributed by atoms with van der Waals surface area (Å²) < 4.78 is 13.3. The first-order valence-corrected chi connectivity index (χ1v) is 7.91. The molecule has 0 spiro atoms. The molecule has 3 atom stereocenters. The second kappa shape index (κ2) is 6.14. The zero-order chi connectivity index (χ0) is 14.8. The van der Waals surface area contributed by atoms with E-state index in [0.717, 1.165) is 38.5 Å². The fraction of sp³-hybridized carbons (Fsp3) is 0.588. The largest absolute Gasteiger partial charge is 0.393 e. The van der Waals surface area contributed by atoms with Gasteiger partial charge in [-0.25, -0.2) is 4.39 Å². The fourth-order valence-corrected chi connectivity index (χ4v) is 3.87. The second-order valence-corrected chi connectivity index (χ2v) is 6.23. The SMILES string of the molecule is O=C(c1cccc(F)c1)N1CCCC1C1CCCCC1O. The summed E-state index contributed by atoms with van der Waals surface area (Å²) in [5.74, 6) is -0.303. The number of benzene rings is 1. The number of halogens is 1. The second-order valence-electron chi connectivity index (χ2n) is 6.23. The van der Waals surface area contributed by atoms with E-state index in [9.17, 15) is 14.3 Å². The van der Waals surface area contributed by atoms with E-state index in [4.69, 9.17) is 0 Å². The van der Waals surface area contributed by atoms with Gasteiger partial charge < -0.3 is 10.0 Å². The number of amides is 1. The predicted molar refractivity (Wildman–Crippen MR) is 78.4 cm³/mol. The summed E-state index contributed by atoms with van der Waals surface area (Å²) in [6.45, 7) is 0.712. The number of carbonyl (C=O) groups excluding carboxylic acids is 1. The quantitative estimate of drug-likeness (QED) is 0.910. The molecule has 0 aromatic heterocycles. The molecule has 21 heavy (non-hydrogen) atoms. The third kappa shape index (κ3) is 2.95. The average molecular weight is 291 g/mol. The Balaban J connectivity index is 1.78. The van der Waals surface area contributed by atoms with Crippen LogP contribution in [0.1, 0.15) is 48.9 Å². The number of aliphatic hydroxyl groups excluding tert-OH is 1. The summed E-state index contributed by atoms with van der Waals surface area (Å²) >= 11 is 0. The van der Waals surface area contributed by atoms with Crippen LogP contribution in [0, 0.1) is 11.7 Å². The van der Waals surface area contributed by atoms with Crippen molar-refractivity contribution < 1.29 is 14.3 Å². The molecule has 3 nitrogen and oxygen atoms in total. The van der Waals surface area contributed by atoms with Gasteiger partial charge in [0.2, 0.25) is 0 Å². The molecule has 1 aliphatic heterocycles. The minimum atomic E-state index is -0.380. The van der Waals surface area contributed by atoms with E-state index in [-0.39, 0.29) is 29.8 Å². The van der Waals surface area contributed by atoms with Gasteiger partial charge in [-0.05, 0) is 43.9 Å². The summed E-state index contributed by atoms with van der Waals surface area (Å²) in [7, 11) is 0. The number of likely N-dealkylation sites (tertiary alicyclic amines) is 1. The van der Waals surface area contributed by atoms with Crippen LogP contribution in [-0.2, 0) is 0 Å². The van der Waals surface area contributed by atoms with Crippen LogP contribution < -0.4 is 0 Å². The lowest BCUT2D eigenvalue weighted by molar-refractivity contribution is 0.0211. The normalized spacial score (nSPS) is 29.6. The Kier molecular flexibility index (Phi) is 4.24. The molecule has 1 heterocycles. The maximum Gasteiger partial charge on any atom is 0.254 e. The highest BCUT2D eigenvalue weighted by Gasteiger charge is 2.39. The van der Waals surface area contributed by atoms with Crippen molar-refractivity contribution in [3.63, 3.8) is 0 Å². The third-order valence-corrected chi connectivity index (χ3v) is 4.91. The van der Waals surface area contributed by atoms with Crippen molar-refractivity contribution in [3.05, 3.63) is 35.6 Å². The Bertz CT molecular complexity index is 519. The van der Waals surface area contributed by atoms with Crippen molar-refractivity contribution in [3.8, 4) is 0 Å². The van der Waals surface area contributed by atoms with E-state index < -0.39 is 0 Å². The molecule has 0 bridgehead atoms. The highest BCUT2D eigenvalue weighted by molar-refractivity contribution is 5.94. The van der Waals surface area contributed by atoms with Crippen LogP contribution in [0.2, 0.25) is 0 Å². The Morgan fingerprint density at radius 1 is 1.19 bits per heavy atom. The number of rotatable bonds is 2. The highest BCUT2D eigenvalue weighted by atomic mass is 19.1. The number of aliphatic hydroxyl groups is 1. The van der Waals surface area contributed by atoms with Gasteiger partial charge in [0.1, 0.15) is 5.82 Å². The van der Waals surface area contributed by atoms with Crippen molar-refractivity contribution >= 4 is 5.91 Å². The summed E-state index contributed by atoms with van der Waals surface area (Å²) in [5.41, 5.74) is 0.409. The standard InChI is InChI=1S/C17H22FNO2/c18-13-6-3-5-12(11-13)17(21)19-10-4-8-15(19)14-7-1-2-9-16(14)20/h3,5-6,11,14-16,20H,1-2,4,7-10H2. The zero-order valence-corrected chi connectivity index (χ0v) is 12.2. The lowest BCUT2D eigenvalue weighted by Crippen LogP contribution is -2.45. The van der Waals surface area contributed by atoms with E-state index >= 15 is 0 Å². The Labute approximate surface area is 124 Å². The molecular formula is C17H22FNO2. The smallest absolute Gasteiger partial charge is 0.254 e. The Morgan fingerprint density at radius 2 is 2.00 bits per heavy atom. The van der Waals surface area contributed by atoms with Gasteiger partial charge in [0.05, 0.1) is 6.10 Å². The van der Waals surface area contributed by atoms with Crippen LogP contribution in [-0.4, -0.2) is 34.6 Å². The maximum atomic E-state index is 13.3. The van der Waals surface area contributed by atoms with Crippen molar-refractivity contribution in [1.29, 1.82) is 0 Å². The number of hydrogen-bond acceptors (Lipinski definition) is 2. The highest BCUT2D eigenvalue weighted by Crippen LogP contribution is 2.35.